The van der Waals surface area contributed by atoms with Gasteiger partial charge in [-0.2, -0.15) is 0 Å². The molecule has 0 amide bonds. The quantitative estimate of drug-likeness (QED) is 0.160. The van der Waals surface area contributed by atoms with Gasteiger partial charge in [0, 0.05) is 49.4 Å². The molecule has 0 bridgehead atoms. The largest absolute Gasteiger partial charge is 0.309 e. The monoisotopic (exact) mass is 832 g/mol. The molecule has 0 saturated carbocycles. The van der Waals surface area contributed by atoms with E-state index in [2.05, 4.69) is 230 Å². The highest BCUT2D eigenvalue weighted by molar-refractivity contribution is 6.12. The van der Waals surface area contributed by atoms with Crippen molar-refractivity contribution in [3.63, 3.8) is 0 Å². The fraction of sp³-hybridized carbons (Fsp3) is 0.0492. The second-order valence-electron chi connectivity index (χ2n) is 17.2. The molecule has 4 heteroatoms. The number of fused-ring (bicyclic) bond motifs is 6. The molecule has 12 rings (SSSR count). The lowest BCUT2D eigenvalue weighted by atomic mass is 9.93. The highest BCUT2D eigenvalue weighted by Gasteiger charge is 2.22. The average Bonchev–Trinajstić information content (AvgIpc) is 3.86. The Hall–Kier alpha value is -8.34. The van der Waals surface area contributed by atoms with Crippen LogP contribution < -0.4 is 0 Å². The molecule has 0 N–H and O–H groups in total. The maximum atomic E-state index is 5.32. The van der Waals surface area contributed by atoms with E-state index in [4.69, 9.17) is 9.97 Å². The first-order valence-corrected chi connectivity index (χ1v) is 22.3. The van der Waals surface area contributed by atoms with Gasteiger partial charge >= 0.3 is 0 Å². The first kappa shape index (κ1) is 38.3. The molecule has 65 heavy (non-hydrogen) atoms. The van der Waals surface area contributed by atoms with Crippen LogP contribution in [-0.2, 0) is 0 Å². The van der Waals surface area contributed by atoms with Crippen molar-refractivity contribution in [3.8, 4) is 67.5 Å². The zero-order valence-electron chi connectivity index (χ0n) is 36.5. The molecule has 3 heterocycles. The summed E-state index contributed by atoms with van der Waals surface area (Å²) >= 11 is 0. The van der Waals surface area contributed by atoms with Crippen LogP contribution in [0.5, 0.6) is 0 Å². The van der Waals surface area contributed by atoms with Gasteiger partial charge in [-0.05, 0) is 91.6 Å². The van der Waals surface area contributed by atoms with Crippen LogP contribution in [0.25, 0.3) is 111 Å². The van der Waals surface area contributed by atoms with Gasteiger partial charge in [-0.25, -0.2) is 9.97 Å². The number of rotatable bonds is 7. The summed E-state index contributed by atoms with van der Waals surface area (Å²) in [5.41, 5.74) is 20.1. The zero-order valence-corrected chi connectivity index (χ0v) is 36.5. The molecule has 0 fully saturated rings. The number of nitrogens with zero attached hydrogens (tertiary/aromatic N) is 4. The van der Waals surface area contributed by atoms with Gasteiger partial charge in [0.25, 0.3) is 0 Å². The Morgan fingerprint density at radius 3 is 1.38 bits per heavy atom. The van der Waals surface area contributed by atoms with Gasteiger partial charge in [-0.15, -0.1) is 0 Å². The summed E-state index contributed by atoms with van der Waals surface area (Å²) in [6.07, 6.45) is 0. The number of aryl methyl sites for hydroxylation is 3. The molecule has 0 aliphatic rings. The third kappa shape index (κ3) is 6.45. The fourth-order valence-corrected chi connectivity index (χ4v) is 10.3. The molecular formula is C61H44N4. The van der Waals surface area contributed by atoms with E-state index in [1.807, 2.05) is 12.1 Å². The van der Waals surface area contributed by atoms with Crippen LogP contribution in [0.3, 0.4) is 0 Å². The van der Waals surface area contributed by atoms with E-state index in [0.29, 0.717) is 5.82 Å². The highest BCUT2D eigenvalue weighted by atomic mass is 15.0. The molecule has 0 aliphatic carbocycles. The number of aromatic nitrogens is 4. The minimum atomic E-state index is 0.669. The van der Waals surface area contributed by atoms with Gasteiger partial charge in [0.1, 0.15) is 0 Å². The SMILES string of the molecule is Cc1cc(C)c(-c2ccc3c(c2)c2ccccc2n3-c2cc(-c3nc(-c4ccccc4)cc(-c4ccccc4)n3)ccc2-c2ccccc2-n2c3ccccc3c3ccccc32)c(C)c1. The van der Waals surface area contributed by atoms with Crippen molar-refractivity contribution < 1.29 is 0 Å². The summed E-state index contributed by atoms with van der Waals surface area (Å²) in [4.78, 5) is 10.6. The van der Waals surface area contributed by atoms with E-state index in [-0.39, 0.29) is 0 Å². The minimum Gasteiger partial charge on any atom is -0.309 e. The zero-order chi connectivity index (χ0) is 43.6. The van der Waals surface area contributed by atoms with E-state index in [1.165, 1.54) is 60.4 Å². The van der Waals surface area contributed by atoms with Gasteiger partial charge in [-0.3, -0.25) is 0 Å². The van der Waals surface area contributed by atoms with Gasteiger partial charge in [0.15, 0.2) is 5.82 Å². The van der Waals surface area contributed by atoms with Crippen LogP contribution in [0.1, 0.15) is 16.7 Å². The van der Waals surface area contributed by atoms with Gasteiger partial charge in [0.05, 0.1) is 44.8 Å². The molecule has 308 valence electrons. The standard InChI is InChI=1S/C61H44N4/c1-39-34-40(2)60(41(3)35-39)44-31-33-58-51(36-44)49-25-13-17-29-57(49)65(58)59-37-45(61-62-52(42-18-6-4-7-19-42)38-53(63-61)43-20-8-5-9-21-43)30-32-50(59)48-24-12-16-28-56(48)64-54-26-14-10-22-46(54)47-23-11-15-27-55(47)64/h4-38H,1-3H3. The third-order valence-corrected chi connectivity index (χ3v) is 13.0. The smallest absolute Gasteiger partial charge is 0.160 e. The Balaban J connectivity index is 1.16. The van der Waals surface area contributed by atoms with Gasteiger partial charge < -0.3 is 9.13 Å². The molecule has 3 aromatic heterocycles. The second kappa shape index (κ2) is 15.5. The normalized spacial score (nSPS) is 11.6. The highest BCUT2D eigenvalue weighted by Crippen LogP contribution is 2.43. The molecule has 0 unspecified atom stereocenters. The number of hydrogen-bond donors (Lipinski definition) is 0. The van der Waals surface area contributed by atoms with Gasteiger partial charge in [-0.1, -0.05) is 169 Å². The maximum absolute atomic E-state index is 5.32. The predicted molar refractivity (Wildman–Crippen MR) is 272 cm³/mol. The summed E-state index contributed by atoms with van der Waals surface area (Å²) < 4.78 is 4.89. The molecule has 0 aliphatic heterocycles. The minimum absolute atomic E-state index is 0.669. The molecular weight excluding hydrogens is 789 g/mol. The van der Waals surface area contributed by atoms with Crippen molar-refractivity contribution in [2.45, 2.75) is 20.8 Å². The number of hydrogen-bond acceptors (Lipinski definition) is 2. The second-order valence-corrected chi connectivity index (χ2v) is 17.2. The van der Waals surface area contributed by atoms with Crippen molar-refractivity contribution >= 4 is 43.6 Å². The lowest BCUT2D eigenvalue weighted by molar-refractivity contribution is 1.15. The van der Waals surface area contributed by atoms with Crippen LogP contribution in [-0.4, -0.2) is 19.1 Å². The van der Waals surface area contributed by atoms with Crippen molar-refractivity contribution in [2.75, 3.05) is 0 Å². The molecule has 0 spiro atoms. The van der Waals surface area contributed by atoms with Crippen molar-refractivity contribution in [1.29, 1.82) is 0 Å². The fourth-order valence-electron chi connectivity index (χ4n) is 10.3. The van der Waals surface area contributed by atoms with E-state index < -0.39 is 0 Å². The predicted octanol–water partition coefficient (Wildman–Crippen LogP) is 15.9. The Morgan fingerprint density at radius 1 is 0.323 bits per heavy atom. The summed E-state index contributed by atoms with van der Waals surface area (Å²) in [5, 5.41) is 4.87. The first-order valence-electron chi connectivity index (χ1n) is 22.3. The van der Waals surface area contributed by atoms with Crippen molar-refractivity contribution in [1.82, 2.24) is 19.1 Å². The summed E-state index contributed by atoms with van der Waals surface area (Å²) in [7, 11) is 0. The molecule has 0 radical (unpaired) electrons. The van der Waals surface area contributed by atoms with Crippen molar-refractivity contribution in [3.05, 3.63) is 229 Å². The van der Waals surface area contributed by atoms with Crippen LogP contribution in [0.2, 0.25) is 0 Å². The molecule has 12 aromatic rings. The topological polar surface area (TPSA) is 35.6 Å². The molecule has 4 nitrogen and oxygen atoms in total. The van der Waals surface area contributed by atoms with E-state index in [9.17, 15) is 0 Å². The van der Waals surface area contributed by atoms with E-state index in [1.54, 1.807) is 0 Å². The summed E-state index contributed by atoms with van der Waals surface area (Å²) in [5.74, 6) is 0.669. The maximum Gasteiger partial charge on any atom is 0.160 e. The van der Waals surface area contributed by atoms with Crippen LogP contribution in [0, 0.1) is 20.8 Å². The number of benzene rings is 9. The average molecular weight is 833 g/mol. The summed E-state index contributed by atoms with van der Waals surface area (Å²) in [6, 6.07) is 76.5. The van der Waals surface area contributed by atoms with E-state index >= 15 is 0 Å². The molecule has 0 atom stereocenters. The van der Waals surface area contributed by atoms with E-state index in [0.717, 1.165) is 61.6 Å². The Kier molecular flexibility index (Phi) is 9.13. The Morgan fingerprint density at radius 2 is 0.785 bits per heavy atom. The number of para-hydroxylation sites is 4. The molecule has 9 aromatic carbocycles. The first-order chi connectivity index (χ1) is 32.0. The lowest BCUT2D eigenvalue weighted by Gasteiger charge is -2.20. The van der Waals surface area contributed by atoms with Crippen LogP contribution >= 0.6 is 0 Å². The van der Waals surface area contributed by atoms with Crippen molar-refractivity contribution in [2.24, 2.45) is 0 Å². The molecule has 0 saturated heterocycles. The van der Waals surface area contributed by atoms with Crippen LogP contribution in [0.15, 0.2) is 212 Å². The summed E-state index contributed by atoms with van der Waals surface area (Å²) in [6.45, 7) is 6.64. The van der Waals surface area contributed by atoms with Crippen LogP contribution in [0.4, 0.5) is 0 Å². The lowest BCUT2D eigenvalue weighted by Crippen LogP contribution is -2.03. The Bertz CT molecular complexity index is 3670. The Labute approximate surface area is 378 Å². The van der Waals surface area contributed by atoms with Gasteiger partial charge in [0.2, 0.25) is 0 Å². The third-order valence-electron chi connectivity index (χ3n) is 13.0.